The van der Waals surface area contributed by atoms with Gasteiger partial charge in [0.25, 0.3) is 5.56 Å². The van der Waals surface area contributed by atoms with Crippen molar-refractivity contribution in [2.45, 2.75) is 32.8 Å². The number of fused-ring (bicyclic) bond motifs is 1. The molecule has 0 aliphatic rings. The molecule has 6 heteroatoms. The number of aromatic nitrogens is 2. The van der Waals surface area contributed by atoms with E-state index in [1.54, 1.807) is 11.6 Å². The van der Waals surface area contributed by atoms with Crippen LogP contribution in [0.15, 0.2) is 52.8 Å². The zero-order chi connectivity index (χ0) is 17.8. The van der Waals surface area contributed by atoms with Gasteiger partial charge in [-0.05, 0) is 11.5 Å². The van der Waals surface area contributed by atoms with Crippen LogP contribution in [0.2, 0.25) is 0 Å². The second kappa shape index (κ2) is 7.61. The summed E-state index contributed by atoms with van der Waals surface area (Å²) in [6.45, 7) is 4.10. The van der Waals surface area contributed by atoms with Gasteiger partial charge in [0, 0.05) is 17.6 Å². The fraction of sp³-hybridized carbons (Fsp3) is 0.316. The van der Waals surface area contributed by atoms with E-state index in [0.29, 0.717) is 10.7 Å². The summed E-state index contributed by atoms with van der Waals surface area (Å²) in [5.41, 5.74) is 1.25. The minimum absolute atomic E-state index is 0.00222. The Kier molecular flexibility index (Phi) is 5.28. The quantitative estimate of drug-likeness (QED) is 0.633. The first-order chi connectivity index (χ1) is 12.1. The van der Waals surface area contributed by atoms with Crippen LogP contribution >= 0.6 is 11.3 Å². The molecule has 0 bridgehead atoms. The third kappa shape index (κ3) is 3.79. The van der Waals surface area contributed by atoms with Crippen LogP contribution in [0.1, 0.15) is 37.4 Å². The molecule has 0 radical (unpaired) electrons. The Morgan fingerprint density at radius 3 is 2.80 bits per heavy atom. The first-order valence-corrected chi connectivity index (χ1v) is 9.15. The highest BCUT2D eigenvalue weighted by atomic mass is 32.1. The summed E-state index contributed by atoms with van der Waals surface area (Å²) in [5, 5.41) is 1.80. The number of benzene rings is 1. The van der Waals surface area contributed by atoms with Gasteiger partial charge in [-0.15, -0.1) is 11.3 Å². The number of esters is 1. The summed E-state index contributed by atoms with van der Waals surface area (Å²) >= 11 is 1.37. The zero-order valence-electron chi connectivity index (χ0n) is 14.2. The molecule has 1 aromatic carbocycles. The number of carbonyl (C=O) groups is 1. The second-order valence-corrected chi connectivity index (χ2v) is 6.90. The lowest BCUT2D eigenvalue weighted by Gasteiger charge is -2.21. The minimum atomic E-state index is -0.322. The van der Waals surface area contributed by atoms with E-state index in [-0.39, 0.29) is 30.0 Å². The van der Waals surface area contributed by atoms with Crippen LogP contribution in [0.25, 0.3) is 4.96 Å². The molecule has 2 heterocycles. The van der Waals surface area contributed by atoms with Gasteiger partial charge in [-0.3, -0.25) is 14.0 Å². The van der Waals surface area contributed by atoms with Gasteiger partial charge in [0.15, 0.2) is 4.96 Å². The average molecular weight is 356 g/mol. The summed E-state index contributed by atoms with van der Waals surface area (Å²) < 4.78 is 6.98. The first kappa shape index (κ1) is 17.4. The normalized spacial score (nSPS) is 13.5. The van der Waals surface area contributed by atoms with Crippen molar-refractivity contribution < 1.29 is 9.53 Å². The van der Waals surface area contributed by atoms with Crippen molar-refractivity contribution in [1.29, 1.82) is 0 Å². The van der Waals surface area contributed by atoms with Crippen molar-refractivity contribution in [3.63, 3.8) is 0 Å². The lowest BCUT2D eigenvalue weighted by atomic mass is 9.86. The Balaban J connectivity index is 1.77. The molecular formula is C19H20N2O3S. The standard InChI is InChI=1S/C19H20N2O3S/c1-3-13(2)17(14-7-5-4-6-8-14)18(23)24-12-15-11-16(22)21-9-10-25-19(21)20-15/h4-11,13,17H,3,12H2,1-2H3/t13-,17-/m0/s1. The van der Waals surface area contributed by atoms with E-state index in [0.717, 1.165) is 12.0 Å². The van der Waals surface area contributed by atoms with Crippen molar-refractivity contribution in [3.05, 3.63) is 69.6 Å². The van der Waals surface area contributed by atoms with Gasteiger partial charge >= 0.3 is 5.97 Å². The SMILES string of the molecule is CC[C@H](C)[C@H](C(=O)OCc1cc(=O)n2ccsc2n1)c1ccccc1. The predicted molar refractivity (Wildman–Crippen MR) is 97.8 cm³/mol. The van der Waals surface area contributed by atoms with E-state index < -0.39 is 0 Å². The van der Waals surface area contributed by atoms with Crippen molar-refractivity contribution in [2.24, 2.45) is 5.92 Å². The van der Waals surface area contributed by atoms with E-state index in [4.69, 9.17) is 4.74 Å². The lowest BCUT2D eigenvalue weighted by molar-refractivity contribution is -0.148. The van der Waals surface area contributed by atoms with Gasteiger partial charge in [-0.2, -0.15) is 0 Å². The van der Waals surface area contributed by atoms with Crippen molar-refractivity contribution >= 4 is 22.3 Å². The van der Waals surface area contributed by atoms with Crippen LogP contribution in [0.4, 0.5) is 0 Å². The Morgan fingerprint density at radius 2 is 2.08 bits per heavy atom. The van der Waals surface area contributed by atoms with Crippen LogP contribution in [-0.2, 0) is 16.1 Å². The molecule has 0 amide bonds. The molecule has 5 nitrogen and oxygen atoms in total. The predicted octanol–water partition coefficient (Wildman–Crippen LogP) is 3.63. The fourth-order valence-electron chi connectivity index (χ4n) is 2.79. The molecule has 3 rings (SSSR count). The molecule has 0 N–H and O–H groups in total. The molecule has 0 fully saturated rings. The maximum atomic E-state index is 12.7. The molecule has 25 heavy (non-hydrogen) atoms. The highest BCUT2D eigenvalue weighted by Gasteiger charge is 2.27. The third-order valence-corrected chi connectivity index (χ3v) is 5.10. The first-order valence-electron chi connectivity index (χ1n) is 8.27. The van der Waals surface area contributed by atoms with E-state index in [2.05, 4.69) is 11.9 Å². The fourth-order valence-corrected chi connectivity index (χ4v) is 3.53. The number of nitrogens with zero attached hydrogens (tertiary/aromatic N) is 2. The average Bonchev–Trinajstić information content (AvgIpc) is 3.10. The summed E-state index contributed by atoms with van der Waals surface area (Å²) in [6.07, 6.45) is 2.55. The highest BCUT2D eigenvalue weighted by Crippen LogP contribution is 2.28. The molecule has 0 aliphatic carbocycles. The van der Waals surface area contributed by atoms with Crippen LogP contribution in [0.5, 0.6) is 0 Å². The van der Waals surface area contributed by atoms with Gasteiger partial charge in [0.2, 0.25) is 0 Å². The molecular weight excluding hydrogens is 336 g/mol. The molecule has 0 saturated heterocycles. The molecule has 2 atom stereocenters. The van der Waals surface area contributed by atoms with Gasteiger partial charge in [0.05, 0.1) is 11.6 Å². The number of carbonyl (C=O) groups excluding carboxylic acids is 1. The summed E-state index contributed by atoms with van der Waals surface area (Å²) in [4.78, 5) is 29.7. The molecule has 0 spiro atoms. The largest absolute Gasteiger partial charge is 0.459 e. The third-order valence-electron chi connectivity index (χ3n) is 4.34. The molecule has 2 aromatic heterocycles. The highest BCUT2D eigenvalue weighted by molar-refractivity contribution is 7.15. The van der Waals surface area contributed by atoms with Crippen LogP contribution in [0, 0.1) is 5.92 Å². The van der Waals surface area contributed by atoms with Crippen LogP contribution in [-0.4, -0.2) is 15.4 Å². The number of thiazole rings is 1. The van der Waals surface area contributed by atoms with Crippen molar-refractivity contribution in [1.82, 2.24) is 9.38 Å². The van der Waals surface area contributed by atoms with E-state index in [9.17, 15) is 9.59 Å². The van der Waals surface area contributed by atoms with E-state index >= 15 is 0 Å². The second-order valence-electron chi connectivity index (χ2n) is 6.02. The molecule has 0 unspecified atom stereocenters. The monoisotopic (exact) mass is 356 g/mol. The van der Waals surface area contributed by atoms with Crippen molar-refractivity contribution in [3.8, 4) is 0 Å². The van der Waals surface area contributed by atoms with Crippen LogP contribution < -0.4 is 5.56 Å². The number of hydrogen-bond donors (Lipinski definition) is 0. The topological polar surface area (TPSA) is 60.7 Å². The Hall–Kier alpha value is -2.47. The number of rotatable bonds is 6. The van der Waals surface area contributed by atoms with Gasteiger partial charge in [-0.25, -0.2) is 4.98 Å². The van der Waals surface area contributed by atoms with Gasteiger partial charge in [0.1, 0.15) is 6.61 Å². The molecule has 0 saturated carbocycles. The maximum absolute atomic E-state index is 12.7. The Labute approximate surface area is 149 Å². The Bertz CT molecular complexity index is 917. The number of hydrogen-bond acceptors (Lipinski definition) is 5. The van der Waals surface area contributed by atoms with Crippen molar-refractivity contribution in [2.75, 3.05) is 0 Å². The molecule has 130 valence electrons. The lowest BCUT2D eigenvalue weighted by Crippen LogP contribution is -2.23. The summed E-state index contributed by atoms with van der Waals surface area (Å²) in [7, 11) is 0. The summed E-state index contributed by atoms with van der Waals surface area (Å²) in [5.74, 6) is -0.445. The minimum Gasteiger partial charge on any atom is -0.459 e. The smallest absolute Gasteiger partial charge is 0.314 e. The molecule has 0 aliphatic heterocycles. The number of ether oxygens (including phenoxy) is 1. The summed E-state index contributed by atoms with van der Waals surface area (Å²) in [6, 6.07) is 11.1. The Morgan fingerprint density at radius 1 is 1.32 bits per heavy atom. The van der Waals surface area contributed by atoms with Gasteiger partial charge in [-0.1, -0.05) is 50.6 Å². The zero-order valence-corrected chi connectivity index (χ0v) is 15.0. The maximum Gasteiger partial charge on any atom is 0.314 e. The van der Waals surface area contributed by atoms with E-state index in [1.807, 2.05) is 37.3 Å². The van der Waals surface area contributed by atoms with E-state index in [1.165, 1.54) is 21.8 Å². The van der Waals surface area contributed by atoms with Crippen LogP contribution in [0.3, 0.4) is 0 Å². The van der Waals surface area contributed by atoms with Gasteiger partial charge < -0.3 is 4.74 Å². The molecule has 3 aromatic rings.